The molecule has 17 heavy (non-hydrogen) atoms. The van der Waals surface area contributed by atoms with Crippen molar-refractivity contribution in [2.24, 2.45) is 5.84 Å². The van der Waals surface area contributed by atoms with Gasteiger partial charge in [0.2, 0.25) is 0 Å². The van der Waals surface area contributed by atoms with Crippen LogP contribution in [-0.4, -0.2) is 0 Å². The highest BCUT2D eigenvalue weighted by atomic mass is 79.9. The van der Waals surface area contributed by atoms with Gasteiger partial charge in [0.25, 0.3) is 0 Å². The van der Waals surface area contributed by atoms with Crippen molar-refractivity contribution in [1.82, 2.24) is 5.43 Å². The van der Waals surface area contributed by atoms with Gasteiger partial charge in [0.1, 0.15) is 0 Å². The van der Waals surface area contributed by atoms with Crippen LogP contribution >= 0.6 is 27.3 Å². The molecule has 0 radical (unpaired) electrons. The summed E-state index contributed by atoms with van der Waals surface area (Å²) >= 11 is 4.82. The van der Waals surface area contributed by atoms with E-state index in [-0.39, 0.29) is 6.04 Å². The smallest absolute Gasteiger partial charge is 0.159 e. The van der Waals surface area contributed by atoms with Crippen molar-refractivity contribution >= 4 is 27.3 Å². The molecule has 0 saturated carbocycles. The molecule has 1 aromatic heterocycles. The van der Waals surface area contributed by atoms with Crippen LogP contribution in [0.2, 0.25) is 0 Å². The minimum absolute atomic E-state index is 0.346. The van der Waals surface area contributed by atoms with E-state index in [9.17, 15) is 8.78 Å². The zero-order valence-electron chi connectivity index (χ0n) is 8.58. The normalized spacial score (nSPS) is 12.7. The summed E-state index contributed by atoms with van der Waals surface area (Å²) < 4.78 is 26.9. The first-order chi connectivity index (χ1) is 8.11. The Morgan fingerprint density at radius 2 is 2.00 bits per heavy atom. The maximum Gasteiger partial charge on any atom is 0.159 e. The Balaban J connectivity index is 2.38. The van der Waals surface area contributed by atoms with Crippen molar-refractivity contribution in [3.8, 4) is 0 Å². The molecule has 2 nitrogen and oxygen atoms in total. The molecule has 0 aliphatic carbocycles. The lowest BCUT2D eigenvalue weighted by Gasteiger charge is -2.14. The van der Waals surface area contributed by atoms with E-state index < -0.39 is 11.6 Å². The van der Waals surface area contributed by atoms with Crippen LogP contribution in [0.15, 0.2) is 34.1 Å². The summed E-state index contributed by atoms with van der Waals surface area (Å²) in [6.45, 7) is 0. The summed E-state index contributed by atoms with van der Waals surface area (Å²) in [5.41, 5.74) is 3.18. The van der Waals surface area contributed by atoms with Crippen LogP contribution in [0.1, 0.15) is 16.5 Å². The number of hydrogen-bond donors (Lipinski definition) is 2. The van der Waals surface area contributed by atoms with Gasteiger partial charge in [-0.3, -0.25) is 5.84 Å². The van der Waals surface area contributed by atoms with E-state index in [1.54, 1.807) is 0 Å². The van der Waals surface area contributed by atoms with Crippen molar-refractivity contribution in [3.05, 3.63) is 56.2 Å². The summed E-state index contributed by atoms with van der Waals surface area (Å²) in [6.07, 6.45) is 0. The third-order valence-electron chi connectivity index (χ3n) is 2.32. The SMILES string of the molecule is NNC(c1ccc(F)c(F)c1)c1cc(Br)cs1. The lowest BCUT2D eigenvalue weighted by molar-refractivity contribution is 0.504. The number of nitrogens with one attached hydrogen (secondary N) is 1. The molecule has 90 valence electrons. The minimum atomic E-state index is -0.877. The van der Waals surface area contributed by atoms with E-state index in [4.69, 9.17) is 5.84 Å². The lowest BCUT2D eigenvalue weighted by Crippen LogP contribution is -2.28. The van der Waals surface area contributed by atoms with E-state index in [2.05, 4.69) is 21.4 Å². The molecule has 0 aliphatic rings. The monoisotopic (exact) mass is 318 g/mol. The van der Waals surface area contributed by atoms with Crippen molar-refractivity contribution in [2.75, 3.05) is 0 Å². The van der Waals surface area contributed by atoms with Crippen LogP contribution in [0.5, 0.6) is 0 Å². The summed E-state index contributed by atoms with van der Waals surface area (Å²) in [4.78, 5) is 0.922. The molecule has 2 aromatic rings. The molecule has 0 fully saturated rings. The molecule has 3 N–H and O–H groups in total. The highest BCUT2D eigenvalue weighted by molar-refractivity contribution is 9.10. The number of benzene rings is 1. The summed E-state index contributed by atoms with van der Waals surface area (Å²) in [7, 11) is 0. The Bertz CT molecular complexity index is 530. The number of nitrogens with two attached hydrogens (primary N) is 1. The second-order valence-corrected chi connectivity index (χ2v) is 5.30. The predicted octanol–water partition coefficient (Wildman–Crippen LogP) is 3.34. The standard InChI is InChI=1S/C11H9BrF2N2S/c12-7-4-10(17-5-7)11(16-15)6-1-2-8(13)9(14)3-6/h1-5,11,16H,15H2. The fraction of sp³-hybridized carbons (Fsp3) is 0.0909. The average Bonchev–Trinajstić information content (AvgIpc) is 2.71. The van der Waals surface area contributed by atoms with Gasteiger partial charge in [0.05, 0.1) is 6.04 Å². The molecule has 0 spiro atoms. The van der Waals surface area contributed by atoms with E-state index in [1.165, 1.54) is 17.4 Å². The van der Waals surface area contributed by atoms with Crippen LogP contribution < -0.4 is 11.3 Å². The van der Waals surface area contributed by atoms with Gasteiger partial charge < -0.3 is 0 Å². The van der Waals surface area contributed by atoms with Crippen molar-refractivity contribution in [2.45, 2.75) is 6.04 Å². The molecule has 1 atom stereocenters. The third-order valence-corrected chi connectivity index (χ3v) is 4.07. The molecule has 1 unspecified atom stereocenters. The van der Waals surface area contributed by atoms with Gasteiger partial charge in [0, 0.05) is 14.7 Å². The minimum Gasteiger partial charge on any atom is -0.271 e. The third kappa shape index (κ3) is 2.71. The molecule has 0 amide bonds. The number of halogens is 3. The number of rotatable bonds is 3. The highest BCUT2D eigenvalue weighted by Crippen LogP contribution is 2.30. The fourth-order valence-electron chi connectivity index (χ4n) is 1.51. The predicted molar refractivity (Wildman–Crippen MR) is 67.5 cm³/mol. The van der Waals surface area contributed by atoms with E-state index >= 15 is 0 Å². The maximum atomic E-state index is 13.1. The topological polar surface area (TPSA) is 38.0 Å². The first-order valence-corrected chi connectivity index (χ1v) is 6.44. The largest absolute Gasteiger partial charge is 0.271 e. The van der Waals surface area contributed by atoms with Crippen molar-refractivity contribution < 1.29 is 8.78 Å². The van der Waals surface area contributed by atoms with Crippen LogP contribution in [0.4, 0.5) is 8.78 Å². The van der Waals surface area contributed by atoms with Crippen LogP contribution in [0.3, 0.4) is 0 Å². The second kappa shape index (κ2) is 5.22. The Labute approximate surface area is 110 Å². The number of hydrazine groups is 1. The Kier molecular flexibility index (Phi) is 3.88. The van der Waals surface area contributed by atoms with Gasteiger partial charge in [-0.1, -0.05) is 6.07 Å². The van der Waals surface area contributed by atoms with Gasteiger partial charge >= 0.3 is 0 Å². The Morgan fingerprint density at radius 1 is 1.24 bits per heavy atom. The van der Waals surface area contributed by atoms with Gasteiger partial charge in [0.15, 0.2) is 11.6 Å². The van der Waals surface area contributed by atoms with Crippen LogP contribution in [0, 0.1) is 11.6 Å². The summed E-state index contributed by atoms with van der Waals surface area (Å²) in [6, 6.07) is 5.29. The van der Waals surface area contributed by atoms with Crippen molar-refractivity contribution in [3.63, 3.8) is 0 Å². The lowest BCUT2D eigenvalue weighted by atomic mass is 10.1. The van der Waals surface area contributed by atoms with E-state index in [0.717, 1.165) is 21.5 Å². The Morgan fingerprint density at radius 3 is 2.53 bits per heavy atom. The fourth-order valence-corrected chi connectivity index (χ4v) is 3.04. The van der Waals surface area contributed by atoms with Crippen LogP contribution in [-0.2, 0) is 0 Å². The molecule has 2 rings (SSSR count). The van der Waals surface area contributed by atoms with Gasteiger partial charge in [-0.2, -0.15) is 0 Å². The van der Waals surface area contributed by atoms with E-state index in [0.29, 0.717) is 5.56 Å². The molecular weight excluding hydrogens is 310 g/mol. The van der Waals surface area contributed by atoms with Gasteiger partial charge in [-0.05, 0) is 39.7 Å². The van der Waals surface area contributed by atoms with Gasteiger partial charge in [-0.15, -0.1) is 11.3 Å². The second-order valence-electron chi connectivity index (χ2n) is 3.44. The Hall–Kier alpha value is -0.820. The van der Waals surface area contributed by atoms with Crippen LogP contribution in [0.25, 0.3) is 0 Å². The summed E-state index contributed by atoms with van der Waals surface area (Å²) in [5, 5.41) is 1.90. The maximum absolute atomic E-state index is 13.1. The molecule has 0 bridgehead atoms. The quantitative estimate of drug-likeness (QED) is 0.673. The molecular formula is C11H9BrF2N2S. The van der Waals surface area contributed by atoms with Crippen molar-refractivity contribution in [1.29, 1.82) is 0 Å². The first-order valence-electron chi connectivity index (χ1n) is 4.77. The number of hydrogen-bond acceptors (Lipinski definition) is 3. The molecule has 6 heteroatoms. The van der Waals surface area contributed by atoms with Gasteiger partial charge in [-0.25, -0.2) is 14.2 Å². The molecule has 0 saturated heterocycles. The molecule has 1 aromatic carbocycles. The molecule has 0 aliphatic heterocycles. The summed E-state index contributed by atoms with van der Waals surface area (Å²) in [5.74, 6) is 3.72. The zero-order valence-corrected chi connectivity index (χ0v) is 11.0. The van der Waals surface area contributed by atoms with E-state index in [1.807, 2.05) is 11.4 Å². The zero-order chi connectivity index (χ0) is 12.4. The molecule has 1 heterocycles. The average molecular weight is 319 g/mol. The highest BCUT2D eigenvalue weighted by Gasteiger charge is 2.16. The first kappa shape index (κ1) is 12.6. The number of thiophene rings is 1.